The number of hydrogen-bond acceptors (Lipinski definition) is 3. The van der Waals surface area contributed by atoms with E-state index in [1.165, 1.54) is 18.2 Å². The molecule has 3 heteroatoms. The zero-order valence-corrected chi connectivity index (χ0v) is 8.57. The molecule has 0 aliphatic carbocycles. The summed E-state index contributed by atoms with van der Waals surface area (Å²) in [6, 6.07) is 4.43. The number of phenolic OH excluding ortho intramolecular Hbond substituents is 1. The van der Waals surface area contributed by atoms with E-state index in [2.05, 4.69) is 0 Å². The fourth-order valence-corrected chi connectivity index (χ4v) is 1.04. The van der Waals surface area contributed by atoms with Gasteiger partial charge in [-0.05, 0) is 32.9 Å². The highest BCUT2D eigenvalue weighted by molar-refractivity contribution is 5.79. The Labute approximate surface area is 83.3 Å². The monoisotopic (exact) mass is 194 g/mol. The molecule has 0 aromatic heterocycles. The van der Waals surface area contributed by atoms with Crippen LogP contribution in [0.4, 0.5) is 0 Å². The Morgan fingerprint density at radius 3 is 2.50 bits per heavy atom. The molecule has 0 aliphatic heterocycles. The van der Waals surface area contributed by atoms with Gasteiger partial charge in [-0.2, -0.15) is 0 Å². The van der Waals surface area contributed by atoms with Crippen molar-refractivity contribution in [1.82, 2.24) is 0 Å². The lowest BCUT2D eigenvalue weighted by Gasteiger charge is -2.22. The maximum Gasteiger partial charge on any atom is 0.153 e. The minimum absolute atomic E-state index is 0.0925. The number of phenols is 1. The van der Waals surface area contributed by atoms with Crippen LogP contribution in [0.1, 0.15) is 31.1 Å². The summed E-state index contributed by atoms with van der Waals surface area (Å²) in [7, 11) is 0. The van der Waals surface area contributed by atoms with Crippen LogP contribution in [0.15, 0.2) is 18.2 Å². The third-order valence-electron chi connectivity index (χ3n) is 1.54. The minimum Gasteiger partial charge on any atom is -0.508 e. The van der Waals surface area contributed by atoms with E-state index in [-0.39, 0.29) is 11.4 Å². The normalized spacial score (nSPS) is 11.1. The zero-order chi connectivity index (χ0) is 10.8. The third kappa shape index (κ3) is 2.76. The Balaban J connectivity index is 3.05. The van der Waals surface area contributed by atoms with E-state index in [4.69, 9.17) is 4.74 Å². The van der Waals surface area contributed by atoms with Crippen LogP contribution in [-0.2, 0) is 0 Å². The van der Waals surface area contributed by atoms with Crippen LogP contribution in [-0.4, -0.2) is 17.0 Å². The highest BCUT2D eigenvalue weighted by atomic mass is 16.5. The predicted octanol–water partition coefficient (Wildman–Crippen LogP) is 2.38. The van der Waals surface area contributed by atoms with E-state index in [0.29, 0.717) is 17.6 Å². The smallest absolute Gasteiger partial charge is 0.153 e. The molecule has 0 radical (unpaired) electrons. The summed E-state index contributed by atoms with van der Waals surface area (Å²) in [5, 5.41) is 9.23. The molecule has 0 atom stereocenters. The predicted molar refractivity (Wildman–Crippen MR) is 53.9 cm³/mol. The molecule has 0 unspecified atom stereocenters. The van der Waals surface area contributed by atoms with Crippen LogP contribution in [0.5, 0.6) is 11.5 Å². The van der Waals surface area contributed by atoms with Crippen molar-refractivity contribution in [3.8, 4) is 11.5 Å². The maximum absolute atomic E-state index is 10.7. The molecule has 0 spiro atoms. The standard InChI is InChI=1S/C11H14O3/c1-11(2,3)14-10-6-9(13)5-4-8(10)7-12/h4-7,13H,1-3H3. The second kappa shape index (κ2) is 3.70. The van der Waals surface area contributed by atoms with Crippen molar-refractivity contribution in [3.63, 3.8) is 0 Å². The Bertz CT molecular complexity index is 337. The Kier molecular flexibility index (Phi) is 2.79. The second-order valence-electron chi connectivity index (χ2n) is 4.05. The SMILES string of the molecule is CC(C)(C)Oc1cc(O)ccc1C=O. The van der Waals surface area contributed by atoms with Gasteiger partial charge in [-0.1, -0.05) is 0 Å². The van der Waals surface area contributed by atoms with Crippen LogP contribution < -0.4 is 4.74 Å². The molecule has 1 aromatic carbocycles. The van der Waals surface area contributed by atoms with Gasteiger partial charge in [-0.3, -0.25) is 4.79 Å². The van der Waals surface area contributed by atoms with Crippen LogP contribution >= 0.6 is 0 Å². The van der Waals surface area contributed by atoms with Crippen LogP contribution in [0.25, 0.3) is 0 Å². The first-order chi connectivity index (χ1) is 6.42. The number of carbonyl (C=O) groups is 1. The maximum atomic E-state index is 10.7. The first kappa shape index (κ1) is 10.6. The average molecular weight is 194 g/mol. The van der Waals surface area contributed by atoms with Crippen molar-refractivity contribution >= 4 is 6.29 Å². The Morgan fingerprint density at radius 2 is 2.00 bits per heavy atom. The highest BCUT2D eigenvalue weighted by Crippen LogP contribution is 2.26. The number of hydrogen-bond donors (Lipinski definition) is 1. The number of rotatable bonds is 2. The summed E-state index contributed by atoms with van der Waals surface area (Å²) >= 11 is 0. The van der Waals surface area contributed by atoms with Gasteiger partial charge in [0.25, 0.3) is 0 Å². The zero-order valence-electron chi connectivity index (χ0n) is 8.57. The van der Waals surface area contributed by atoms with Crippen molar-refractivity contribution in [1.29, 1.82) is 0 Å². The summed E-state index contributed by atoms with van der Waals surface area (Å²) in [4.78, 5) is 10.7. The average Bonchev–Trinajstić information content (AvgIpc) is 2.01. The summed E-state index contributed by atoms with van der Waals surface area (Å²) < 4.78 is 5.51. The largest absolute Gasteiger partial charge is 0.508 e. The summed E-state index contributed by atoms with van der Waals surface area (Å²) in [5.74, 6) is 0.502. The summed E-state index contributed by atoms with van der Waals surface area (Å²) in [6.45, 7) is 5.64. The van der Waals surface area contributed by atoms with Gasteiger partial charge in [0, 0.05) is 6.07 Å². The molecule has 76 valence electrons. The van der Waals surface area contributed by atoms with Gasteiger partial charge in [0.15, 0.2) is 6.29 Å². The molecule has 0 amide bonds. The van der Waals surface area contributed by atoms with Crippen LogP contribution in [0.2, 0.25) is 0 Å². The second-order valence-corrected chi connectivity index (χ2v) is 4.05. The third-order valence-corrected chi connectivity index (χ3v) is 1.54. The molecular weight excluding hydrogens is 180 g/mol. The van der Waals surface area contributed by atoms with Crippen molar-refractivity contribution in [2.75, 3.05) is 0 Å². The molecular formula is C11H14O3. The first-order valence-electron chi connectivity index (χ1n) is 4.39. The lowest BCUT2D eigenvalue weighted by atomic mass is 10.1. The van der Waals surface area contributed by atoms with Crippen molar-refractivity contribution in [2.45, 2.75) is 26.4 Å². The molecule has 0 saturated carbocycles. The Morgan fingerprint density at radius 1 is 1.36 bits per heavy atom. The van der Waals surface area contributed by atoms with Gasteiger partial charge >= 0.3 is 0 Å². The lowest BCUT2D eigenvalue weighted by molar-refractivity contribution is 0.109. The number of aldehydes is 1. The van der Waals surface area contributed by atoms with E-state index in [0.717, 1.165) is 0 Å². The highest BCUT2D eigenvalue weighted by Gasteiger charge is 2.14. The van der Waals surface area contributed by atoms with Crippen LogP contribution in [0.3, 0.4) is 0 Å². The minimum atomic E-state index is -0.383. The van der Waals surface area contributed by atoms with Crippen molar-refractivity contribution < 1.29 is 14.6 Å². The van der Waals surface area contributed by atoms with E-state index < -0.39 is 0 Å². The quantitative estimate of drug-likeness (QED) is 0.735. The van der Waals surface area contributed by atoms with E-state index in [1.807, 2.05) is 20.8 Å². The van der Waals surface area contributed by atoms with E-state index in [1.54, 1.807) is 0 Å². The van der Waals surface area contributed by atoms with Gasteiger partial charge in [0.2, 0.25) is 0 Å². The van der Waals surface area contributed by atoms with Gasteiger partial charge in [-0.15, -0.1) is 0 Å². The number of aromatic hydroxyl groups is 1. The Hall–Kier alpha value is -1.51. The topological polar surface area (TPSA) is 46.5 Å². The van der Waals surface area contributed by atoms with E-state index in [9.17, 15) is 9.90 Å². The summed E-state index contributed by atoms with van der Waals surface area (Å²) in [5.41, 5.74) is 0.0590. The van der Waals surface area contributed by atoms with Crippen molar-refractivity contribution in [2.24, 2.45) is 0 Å². The van der Waals surface area contributed by atoms with Crippen molar-refractivity contribution in [3.05, 3.63) is 23.8 Å². The molecule has 3 nitrogen and oxygen atoms in total. The van der Waals surface area contributed by atoms with Gasteiger partial charge in [-0.25, -0.2) is 0 Å². The van der Waals surface area contributed by atoms with Gasteiger partial charge in [0.05, 0.1) is 5.56 Å². The molecule has 14 heavy (non-hydrogen) atoms. The van der Waals surface area contributed by atoms with Gasteiger partial charge < -0.3 is 9.84 Å². The molecule has 1 aromatic rings. The number of benzene rings is 1. The fourth-order valence-electron chi connectivity index (χ4n) is 1.04. The number of carbonyl (C=O) groups excluding carboxylic acids is 1. The molecule has 0 saturated heterocycles. The summed E-state index contributed by atoms with van der Waals surface area (Å²) in [6.07, 6.45) is 0.709. The molecule has 0 aliphatic rings. The molecule has 1 N–H and O–H groups in total. The molecule has 0 fully saturated rings. The lowest BCUT2D eigenvalue weighted by Crippen LogP contribution is -2.23. The van der Waals surface area contributed by atoms with E-state index >= 15 is 0 Å². The molecule has 1 rings (SSSR count). The van der Waals surface area contributed by atoms with Gasteiger partial charge in [0.1, 0.15) is 17.1 Å². The number of ether oxygens (including phenoxy) is 1. The fraction of sp³-hybridized carbons (Fsp3) is 0.364. The first-order valence-corrected chi connectivity index (χ1v) is 4.39. The van der Waals surface area contributed by atoms with Crippen LogP contribution in [0, 0.1) is 0 Å². The molecule has 0 heterocycles. The molecule has 0 bridgehead atoms.